The highest BCUT2D eigenvalue weighted by atomic mass is 16.6. The van der Waals surface area contributed by atoms with Crippen molar-refractivity contribution < 1.29 is 19.6 Å². The number of hydrogen-bond acceptors (Lipinski definition) is 5. The molecular weight excluding hydrogens is 376 g/mol. The molecule has 0 bridgehead atoms. The zero-order valence-electron chi connectivity index (χ0n) is 15.7. The largest absolute Gasteiger partial charge is 0.872 e. The fourth-order valence-corrected chi connectivity index (χ4v) is 3.24. The van der Waals surface area contributed by atoms with E-state index in [0.29, 0.717) is 25.1 Å². The third-order valence-corrected chi connectivity index (χ3v) is 4.81. The van der Waals surface area contributed by atoms with E-state index in [1.54, 1.807) is 17.0 Å². The van der Waals surface area contributed by atoms with Crippen molar-refractivity contribution in [3.05, 3.63) is 64.2 Å². The molecule has 2 N–H and O–H groups in total. The highest BCUT2D eigenvalue weighted by molar-refractivity contribution is 5.90. The summed E-state index contributed by atoms with van der Waals surface area (Å²) in [5.41, 5.74) is 0.634. The van der Waals surface area contributed by atoms with Crippen LogP contribution < -0.4 is 15.7 Å². The maximum Gasteiger partial charge on any atom is 0.321 e. The Bertz CT molecular complexity index is 903. The second-order valence-corrected chi connectivity index (χ2v) is 6.85. The van der Waals surface area contributed by atoms with Crippen molar-refractivity contribution in [3.8, 4) is 5.75 Å². The van der Waals surface area contributed by atoms with Gasteiger partial charge in [-0.15, -0.1) is 5.75 Å². The number of benzene rings is 2. The van der Waals surface area contributed by atoms with E-state index in [4.69, 9.17) is 0 Å². The molecule has 0 aromatic heterocycles. The number of nitrogens with zero attached hydrogens (tertiary/aromatic N) is 2. The van der Waals surface area contributed by atoms with Gasteiger partial charge in [0, 0.05) is 37.5 Å². The molecule has 9 nitrogen and oxygen atoms in total. The van der Waals surface area contributed by atoms with E-state index in [-0.39, 0.29) is 42.0 Å². The molecule has 0 spiro atoms. The first-order chi connectivity index (χ1) is 13.9. The number of para-hydroxylation sites is 1. The molecule has 1 atom stereocenters. The molecule has 29 heavy (non-hydrogen) atoms. The minimum absolute atomic E-state index is 0.0912. The molecule has 0 aliphatic carbocycles. The predicted molar refractivity (Wildman–Crippen MR) is 104 cm³/mol. The Morgan fingerprint density at radius 2 is 1.93 bits per heavy atom. The van der Waals surface area contributed by atoms with Crippen molar-refractivity contribution >= 4 is 23.3 Å². The van der Waals surface area contributed by atoms with Crippen molar-refractivity contribution in [1.82, 2.24) is 10.2 Å². The number of carbonyl (C=O) groups excluding carboxylic acids is 2. The second kappa shape index (κ2) is 9.05. The average Bonchev–Trinajstić information content (AvgIpc) is 2.73. The number of rotatable bonds is 5. The number of nitrogens with one attached hydrogen (secondary N) is 2. The number of urea groups is 1. The van der Waals surface area contributed by atoms with Crippen molar-refractivity contribution in [2.45, 2.75) is 19.4 Å². The van der Waals surface area contributed by atoms with Crippen molar-refractivity contribution in [1.29, 1.82) is 0 Å². The van der Waals surface area contributed by atoms with Gasteiger partial charge in [0.15, 0.2) is 0 Å². The fourth-order valence-electron chi connectivity index (χ4n) is 3.24. The molecular formula is C20H21N4O5-. The van der Waals surface area contributed by atoms with Crippen LogP contribution in [0, 0.1) is 16.0 Å². The standard InChI is InChI=1S/C20H22N4O5/c25-18-9-8-17(24(28)29)11-15(18)12-21-19(26)14-5-4-10-23(13-14)20(27)22-16-6-2-1-3-7-16/h1-3,6-9,11,14,25H,4-5,10,12-13H2,(H,21,26)(H,22,27)/p-1/t14-/m0/s1. The molecule has 0 saturated carbocycles. The third kappa shape index (κ3) is 5.22. The average molecular weight is 397 g/mol. The van der Waals surface area contributed by atoms with Crippen LogP contribution in [0.3, 0.4) is 0 Å². The number of anilines is 1. The number of likely N-dealkylation sites (tertiary alicyclic amines) is 1. The molecule has 152 valence electrons. The molecule has 1 aliphatic rings. The first kappa shape index (κ1) is 20.1. The molecule has 1 saturated heterocycles. The minimum atomic E-state index is -0.588. The SMILES string of the molecule is O=C(NCc1cc([N+](=O)[O-])ccc1[O-])[C@H]1CCCN(C(=O)Nc2ccccc2)C1. The number of piperidine rings is 1. The number of carbonyl (C=O) groups is 2. The van der Waals surface area contributed by atoms with Crippen LogP contribution in [0.2, 0.25) is 0 Å². The fraction of sp³-hybridized carbons (Fsp3) is 0.300. The van der Waals surface area contributed by atoms with Gasteiger partial charge < -0.3 is 20.6 Å². The van der Waals surface area contributed by atoms with Gasteiger partial charge in [0.1, 0.15) is 0 Å². The van der Waals surface area contributed by atoms with Crippen molar-refractivity contribution in [2.24, 2.45) is 5.92 Å². The van der Waals surface area contributed by atoms with E-state index < -0.39 is 10.8 Å². The molecule has 0 unspecified atom stereocenters. The Kier molecular flexibility index (Phi) is 6.28. The maximum atomic E-state index is 12.5. The van der Waals surface area contributed by atoms with E-state index in [9.17, 15) is 24.8 Å². The molecule has 1 heterocycles. The van der Waals surface area contributed by atoms with Crippen LogP contribution in [-0.2, 0) is 11.3 Å². The monoisotopic (exact) mass is 397 g/mol. The Balaban J connectivity index is 1.56. The van der Waals surface area contributed by atoms with Gasteiger partial charge in [-0.25, -0.2) is 4.79 Å². The molecule has 0 radical (unpaired) electrons. The maximum absolute atomic E-state index is 12.5. The summed E-state index contributed by atoms with van der Waals surface area (Å²) in [5, 5.41) is 28.2. The third-order valence-electron chi connectivity index (χ3n) is 4.81. The van der Waals surface area contributed by atoms with Crippen molar-refractivity contribution in [2.75, 3.05) is 18.4 Å². The Morgan fingerprint density at radius 3 is 2.66 bits per heavy atom. The highest BCUT2D eigenvalue weighted by Gasteiger charge is 2.28. The number of non-ortho nitro benzene ring substituents is 1. The first-order valence-corrected chi connectivity index (χ1v) is 9.27. The van der Waals surface area contributed by atoms with Crippen LogP contribution in [0.1, 0.15) is 18.4 Å². The molecule has 3 amide bonds. The summed E-state index contributed by atoms with van der Waals surface area (Å²) in [6, 6.07) is 12.2. The van der Waals surface area contributed by atoms with Gasteiger partial charge in [-0.3, -0.25) is 14.9 Å². The summed E-state index contributed by atoms with van der Waals surface area (Å²) in [6.45, 7) is 0.730. The topological polar surface area (TPSA) is 128 Å². The van der Waals surface area contributed by atoms with E-state index in [1.165, 1.54) is 6.07 Å². The Hall–Kier alpha value is -3.62. The zero-order valence-corrected chi connectivity index (χ0v) is 15.7. The van der Waals surface area contributed by atoms with Gasteiger partial charge in [-0.05, 0) is 30.5 Å². The summed E-state index contributed by atoms with van der Waals surface area (Å²) in [6.07, 6.45) is 1.31. The highest BCUT2D eigenvalue weighted by Crippen LogP contribution is 2.22. The summed E-state index contributed by atoms with van der Waals surface area (Å²) in [4.78, 5) is 36.8. The first-order valence-electron chi connectivity index (χ1n) is 9.27. The minimum Gasteiger partial charge on any atom is -0.872 e. The summed E-state index contributed by atoms with van der Waals surface area (Å²) < 4.78 is 0. The normalized spacial score (nSPS) is 16.1. The van der Waals surface area contributed by atoms with Crippen LogP contribution >= 0.6 is 0 Å². The quantitative estimate of drug-likeness (QED) is 0.591. The number of nitro groups is 1. The van der Waals surface area contributed by atoms with Gasteiger partial charge in [0.2, 0.25) is 5.91 Å². The van der Waals surface area contributed by atoms with Crippen molar-refractivity contribution in [3.63, 3.8) is 0 Å². The molecule has 1 fully saturated rings. The Morgan fingerprint density at radius 1 is 1.17 bits per heavy atom. The Labute approximate surface area is 167 Å². The van der Waals surface area contributed by atoms with Crippen LogP contribution in [0.5, 0.6) is 5.75 Å². The summed E-state index contributed by atoms with van der Waals surface area (Å²) >= 11 is 0. The van der Waals surface area contributed by atoms with Crippen LogP contribution in [0.15, 0.2) is 48.5 Å². The number of nitro benzene ring substituents is 1. The van der Waals surface area contributed by atoms with Crippen LogP contribution in [0.25, 0.3) is 0 Å². The molecule has 2 aromatic rings. The molecule has 9 heteroatoms. The summed E-state index contributed by atoms with van der Waals surface area (Å²) in [7, 11) is 0. The number of hydrogen-bond donors (Lipinski definition) is 2. The lowest BCUT2D eigenvalue weighted by Gasteiger charge is -2.32. The molecule has 2 aromatic carbocycles. The lowest BCUT2D eigenvalue weighted by atomic mass is 9.97. The van der Waals surface area contributed by atoms with E-state index >= 15 is 0 Å². The van der Waals surface area contributed by atoms with Gasteiger partial charge >= 0.3 is 6.03 Å². The predicted octanol–water partition coefficient (Wildman–Crippen LogP) is 2.23. The van der Waals surface area contributed by atoms with Gasteiger partial charge in [0.05, 0.1) is 10.8 Å². The summed E-state index contributed by atoms with van der Waals surface area (Å²) in [5.74, 6) is -1.06. The van der Waals surface area contributed by atoms with Gasteiger partial charge in [0.25, 0.3) is 5.69 Å². The molecule has 1 aliphatic heterocycles. The van der Waals surface area contributed by atoms with E-state index in [2.05, 4.69) is 10.6 Å². The van der Waals surface area contributed by atoms with Gasteiger partial charge in [-0.1, -0.05) is 24.3 Å². The lowest BCUT2D eigenvalue weighted by Crippen LogP contribution is -2.46. The second-order valence-electron chi connectivity index (χ2n) is 6.85. The van der Waals surface area contributed by atoms with Crippen LogP contribution in [-0.4, -0.2) is 34.9 Å². The lowest BCUT2D eigenvalue weighted by molar-refractivity contribution is -0.385. The smallest absolute Gasteiger partial charge is 0.321 e. The molecule has 3 rings (SSSR count). The van der Waals surface area contributed by atoms with E-state index in [1.807, 2.05) is 18.2 Å². The zero-order chi connectivity index (χ0) is 20.8. The number of amides is 3. The van der Waals surface area contributed by atoms with Crippen LogP contribution in [0.4, 0.5) is 16.2 Å². The van der Waals surface area contributed by atoms with Gasteiger partial charge in [-0.2, -0.15) is 0 Å². The van der Waals surface area contributed by atoms with E-state index in [0.717, 1.165) is 12.1 Å².